The highest BCUT2D eigenvalue weighted by atomic mass is 15.3. The third kappa shape index (κ3) is 2.68. The molecule has 0 spiro atoms. The molecule has 0 unspecified atom stereocenters. The van der Waals surface area contributed by atoms with Gasteiger partial charge in [0.2, 0.25) is 17.8 Å². The van der Waals surface area contributed by atoms with E-state index in [0.29, 0.717) is 23.9 Å². The summed E-state index contributed by atoms with van der Waals surface area (Å²) >= 11 is 0. The number of hydrogen-bond acceptors (Lipinski definition) is 6. The second kappa shape index (κ2) is 4.77. The van der Waals surface area contributed by atoms with Crippen molar-refractivity contribution in [3.63, 3.8) is 0 Å². The molecule has 1 heterocycles. The Morgan fingerprint density at radius 1 is 1.00 bits per heavy atom. The summed E-state index contributed by atoms with van der Waals surface area (Å²) in [5.41, 5.74) is 0. The number of nitrogens with zero attached hydrogens (tertiary/aromatic N) is 4. The van der Waals surface area contributed by atoms with Gasteiger partial charge in [0.25, 0.3) is 0 Å². The van der Waals surface area contributed by atoms with Crippen LogP contribution >= 0.6 is 0 Å². The van der Waals surface area contributed by atoms with E-state index < -0.39 is 0 Å². The first-order valence-electron chi connectivity index (χ1n) is 4.93. The minimum absolute atomic E-state index is 0.349. The zero-order valence-electron chi connectivity index (χ0n) is 9.87. The zero-order chi connectivity index (χ0) is 11.4. The Bertz CT molecular complexity index is 302. The summed E-state index contributed by atoms with van der Waals surface area (Å²) in [6.45, 7) is 4.17. The molecule has 0 aliphatic heterocycles. The number of nitrogens with one attached hydrogen (secondary N) is 2. The summed E-state index contributed by atoms with van der Waals surface area (Å²) in [4.78, 5) is 14.7. The molecule has 2 N–H and O–H groups in total. The molecular formula is C9H18N6. The van der Waals surface area contributed by atoms with Crippen molar-refractivity contribution in [3.8, 4) is 0 Å². The predicted octanol–water partition coefficient (Wildman–Crippen LogP) is 0.800. The largest absolute Gasteiger partial charge is 0.357 e. The van der Waals surface area contributed by atoms with Crippen molar-refractivity contribution in [1.29, 1.82) is 0 Å². The highest BCUT2D eigenvalue weighted by Crippen LogP contribution is 2.13. The zero-order valence-corrected chi connectivity index (χ0v) is 9.87. The van der Waals surface area contributed by atoms with Crippen LogP contribution in [0.3, 0.4) is 0 Å². The second-order valence-corrected chi connectivity index (χ2v) is 3.49. The van der Waals surface area contributed by atoms with Crippen LogP contribution in [0.2, 0.25) is 0 Å². The summed E-state index contributed by atoms with van der Waals surface area (Å²) in [5.74, 6) is 1.79. The maximum Gasteiger partial charge on any atom is 0.231 e. The lowest BCUT2D eigenvalue weighted by Crippen LogP contribution is -2.28. The van der Waals surface area contributed by atoms with Gasteiger partial charge in [-0.15, -0.1) is 0 Å². The Balaban J connectivity index is 3.06. The van der Waals surface area contributed by atoms with Crippen LogP contribution in [0.4, 0.5) is 17.8 Å². The van der Waals surface area contributed by atoms with E-state index >= 15 is 0 Å². The monoisotopic (exact) mass is 210 g/mol. The lowest BCUT2D eigenvalue weighted by Gasteiger charge is -2.21. The van der Waals surface area contributed by atoms with E-state index in [1.165, 1.54) is 0 Å². The lowest BCUT2D eigenvalue weighted by atomic mass is 10.4. The molecule has 1 rings (SSSR count). The summed E-state index contributed by atoms with van der Waals surface area (Å²) in [6.07, 6.45) is 0. The van der Waals surface area contributed by atoms with Gasteiger partial charge in [-0.05, 0) is 13.8 Å². The van der Waals surface area contributed by atoms with Gasteiger partial charge >= 0.3 is 0 Å². The molecule has 0 radical (unpaired) electrons. The summed E-state index contributed by atoms with van der Waals surface area (Å²) in [6, 6.07) is 0.349. The first-order chi connectivity index (χ1) is 7.08. The summed E-state index contributed by atoms with van der Waals surface area (Å²) in [5, 5.41) is 5.81. The molecule has 0 fully saturated rings. The van der Waals surface area contributed by atoms with Crippen molar-refractivity contribution < 1.29 is 0 Å². The Morgan fingerprint density at radius 3 is 1.80 bits per heavy atom. The van der Waals surface area contributed by atoms with Crippen LogP contribution < -0.4 is 15.5 Å². The van der Waals surface area contributed by atoms with E-state index in [0.717, 1.165) is 0 Å². The van der Waals surface area contributed by atoms with Crippen molar-refractivity contribution in [2.75, 3.05) is 36.7 Å². The molecule has 0 atom stereocenters. The van der Waals surface area contributed by atoms with Crippen molar-refractivity contribution in [2.45, 2.75) is 19.9 Å². The van der Waals surface area contributed by atoms with Crippen molar-refractivity contribution in [3.05, 3.63) is 0 Å². The first kappa shape index (κ1) is 11.5. The minimum atomic E-state index is 0.349. The normalized spacial score (nSPS) is 10.3. The Morgan fingerprint density at radius 2 is 1.47 bits per heavy atom. The molecule has 1 aromatic heterocycles. The first-order valence-corrected chi connectivity index (χ1v) is 4.93. The van der Waals surface area contributed by atoms with Crippen LogP contribution in [-0.4, -0.2) is 42.1 Å². The van der Waals surface area contributed by atoms with E-state index in [2.05, 4.69) is 39.4 Å². The third-order valence-electron chi connectivity index (χ3n) is 2.16. The van der Waals surface area contributed by atoms with Crippen molar-refractivity contribution >= 4 is 17.8 Å². The van der Waals surface area contributed by atoms with Gasteiger partial charge in [0.05, 0.1) is 0 Å². The molecule has 0 bridgehead atoms. The van der Waals surface area contributed by atoms with Crippen LogP contribution in [0.5, 0.6) is 0 Å². The average molecular weight is 210 g/mol. The van der Waals surface area contributed by atoms with E-state index in [-0.39, 0.29) is 0 Å². The maximum absolute atomic E-state index is 4.27. The van der Waals surface area contributed by atoms with Crippen LogP contribution in [0.1, 0.15) is 13.8 Å². The van der Waals surface area contributed by atoms with Crippen LogP contribution in [0.25, 0.3) is 0 Å². The molecule has 0 aliphatic carbocycles. The number of hydrogen-bond donors (Lipinski definition) is 2. The van der Waals surface area contributed by atoms with Crippen molar-refractivity contribution in [2.24, 2.45) is 0 Å². The maximum atomic E-state index is 4.27. The van der Waals surface area contributed by atoms with E-state index in [9.17, 15) is 0 Å². The summed E-state index contributed by atoms with van der Waals surface area (Å²) in [7, 11) is 5.53. The molecule has 0 amide bonds. The Hall–Kier alpha value is -1.59. The SMILES string of the molecule is CNc1nc(NC)nc(N(C)C(C)C)n1. The molecule has 0 saturated carbocycles. The summed E-state index contributed by atoms with van der Waals surface area (Å²) < 4.78 is 0. The number of anilines is 3. The topological polar surface area (TPSA) is 66.0 Å². The van der Waals surface area contributed by atoms with Gasteiger partial charge in [-0.1, -0.05) is 0 Å². The second-order valence-electron chi connectivity index (χ2n) is 3.49. The third-order valence-corrected chi connectivity index (χ3v) is 2.16. The fourth-order valence-corrected chi connectivity index (χ4v) is 0.977. The van der Waals surface area contributed by atoms with Gasteiger partial charge in [-0.2, -0.15) is 15.0 Å². The fourth-order valence-electron chi connectivity index (χ4n) is 0.977. The van der Waals surface area contributed by atoms with E-state index in [1.807, 2.05) is 11.9 Å². The quantitative estimate of drug-likeness (QED) is 0.766. The van der Waals surface area contributed by atoms with Gasteiger partial charge < -0.3 is 15.5 Å². The van der Waals surface area contributed by atoms with Gasteiger partial charge in [0.1, 0.15) is 0 Å². The highest BCUT2D eigenvalue weighted by molar-refractivity contribution is 5.43. The Kier molecular flexibility index (Phi) is 3.65. The molecule has 0 aromatic carbocycles. The number of rotatable bonds is 4. The van der Waals surface area contributed by atoms with Crippen LogP contribution in [0, 0.1) is 0 Å². The molecule has 0 saturated heterocycles. The smallest absolute Gasteiger partial charge is 0.231 e. The fraction of sp³-hybridized carbons (Fsp3) is 0.667. The molecule has 84 valence electrons. The van der Waals surface area contributed by atoms with Crippen LogP contribution in [0.15, 0.2) is 0 Å². The van der Waals surface area contributed by atoms with E-state index in [4.69, 9.17) is 0 Å². The average Bonchev–Trinajstić information content (AvgIpc) is 2.27. The minimum Gasteiger partial charge on any atom is -0.357 e. The van der Waals surface area contributed by atoms with E-state index in [1.54, 1.807) is 14.1 Å². The molecule has 6 heteroatoms. The standard InChI is InChI=1S/C9H18N6/c1-6(2)15(5)9-13-7(10-3)12-8(11-4)14-9/h6H,1-5H3,(H2,10,11,12,13,14). The van der Waals surface area contributed by atoms with Gasteiger partial charge in [0.15, 0.2) is 0 Å². The molecule has 6 nitrogen and oxygen atoms in total. The van der Waals surface area contributed by atoms with Gasteiger partial charge in [0, 0.05) is 27.2 Å². The van der Waals surface area contributed by atoms with Crippen LogP contribution in [-0.2, 0) is 0 Å². The molecule has 15 heavy (non-hydrogen) atoms. The highest BCUT2D eigenvalue weighted by Gasteiger charge is 2.11. The molecule has 1 aromatic rings. The molecule has 0 aliphatic rings. The Labute approximate surface area is 90.1 Å². The number of aromatic nitrogens is 3. The van der Waals surface area contributed by atoms with Crippen molar-refractivity contribution in [1.82, 2.24) is 15.0 Å². The van der Waals surface area contributed by atoms with Gasteiger partial charge in [-0.25, -0.2) is 0 Å². The van der Waals surface area contributed by atoms with Gasteiger partial charge in [-0.3, -0.25) is 0 Å². The predicted molar refractivity (Wildman–Crippen MR) is 62.5 cm³/mol. The molecular weight excluding hydrogens is 192 g/mol. The lowest BCUT2D eigenvalue weighted by molar-refractivity contribution is 0.727.